The highest BCUT2D eigenvalue weighted by molar-refractivity contribution is 8.00. The highest BCUT2D eigenvalue weighted by atomic mass is 32.2. The van der Waals surface area contributed by atoms with Crippen molar-refractivity contribution in [3.8, 4) is 0 Å². The Balaban J connectivity index is 1.60. The SMILES string of the molecule is Cc1ccc(S(=O)(=O)Nc2ccc(NC(=O)CN3CSCC3=O)cc2)cc1. The minimum Gasteiger partial charge on any atom is -0.325 e. The molecule has 9 heteroatoms. The minimum atomic E-state index is -3.67. The van der Waals surface area contributed by atoms with Crippen LogP contribution < -0.4 is 10.0 Å². The monoisotopic (exact) mass is 405 g/mol. The Kier molecular flexibility index (Phi) is 5.71. The van der Waals surface area contributed by atoms with Gasteiger partial charge in [0.15, 0.2) is 0 Å². The van der Waals surface area contributed by atoms with Crippen LogP contribution in [0.2, 0.25) is 0 Å². The Morgan fingerprint density at radius 3 is 2.30 bits per heavy atom. The van der Waals surface area contributed by atoms with Crippen LogP contribution in [0.5, 0.6) is 0 Å². The van der Waals surface area contributed by atoms with Gasteiger partial charge in [0.05, 0.1) is 16.5 Å². The normalized spacial score (nSPS) is 14.3. The van der Waals surface area contributed by atoms with E-state index < -0.39 is 10.0 Å². The molecule has 2 aromatic rings. The zero-order chi connectivity index (χ0) is 19.4. The predicted molar refractivity (Wildman–Crippen MR) is 106 cm³/mol. The maximum absolute atomic E-state index is 12.4. The fourth-order valence-electron chi connectivity index (χ4n) is 2.47. The standard InChI is InChI=1S/C18H19N3O4S2/c1-13-2-8-16(9-3-13)27(24,25)20-15-6-4-14(5-7-15)19-17(22)10-21-12-26-11-18(21)23/h2-9,20H,10-12H2,1H3,(H,19,22). The van der Waals surface area contributed by atoms with Crippen molar-refractivity contribution >= 4 is 45.0 Å². The molecular weight excluding hydrogens is 386 g/mol. The Morgan fingerprint density at radius 1 is 1.07 bits per heavy atom. The first-order chi connectivity index (χ1) is 12.8. The number of nitrogens with zero attached hydrogens (tertiary/aromatic N) is 1. The fourth-order valence-corrected chi connectivity index (χ4v) is 4.43. The molecule has 1 aliphatic heterocycles. The van der Waals surface area contributed by atoms with Gasteiger partial charge in [-0.3, -0.25) is 14.3 Å². The largest absolute Gasteiger partial charge is 0.325 e. The van der Waals surface area contributed by atoms with E-state index in [-0.39, 0.29) is 23.3 Å². The summed E-state index contributed by atoms with van der Waals surface area (Å²) >= 11 is 1.48. The molecule has 1 saturated heterocycles. The number of aryl methyl sites for hydroxylation is 1. The van der Waals surface area contributed by atoms with Crippen LogP contribution in [0.4, 0.5) is 11.4 Å². The van der Waals surface area contributed by atoms with Gasteiger partial charge < -0.3 is 10.2 Å². The molecule has 0 unspecified atom stereocenters. The van der Waals surface area contributed by atoms with Crippen LogP contribution in [0.15, 0.2) is 53.4 Å². The molecule has 0 spiro atoms. The maximum atomic E-state index is 12.4. The van der Waals surface area contributed by atoms with Gasteiger partial charge in [0.2, 0.25) is 11.8 Å². The first-order valence-electron chi connectivity index (χ1n) is 8.18. The third-order valence-electron chi connectivity index (χ3n) is 3.91. The summed E-state index contributed by atoms with van der Waals surface area (Å²) in [5.74, 6) is 0.588. The van der Waals surface area contributed by atoms with E-state index in [4.69, 9.17) is 0 Å². The van der Waals surface area contributed by atoms with E-state index in [9.17, 15) is 18.0 Å². The number of hydrogen-bond acceptors (Lipinski definition) is 5. The molecule has 142 valence electrons. The number of carbonyl (C=O) groups excluding carboxylic acids is 2. The van der Waals surface area contributed by atoms with Crippen LogP contribution in [0, 0.1) is 6.92 Å². The van der Waals surface area contributed by atoms with Crippen LogP contribution in [0.1, 0.15) is 5.56 Å². The van der Waals surface area contributed by atoms with Crippen LogP contribution in [0.3, 0.4) is 0 Å². The second-order valence-electron chi connectivity index (χ2n) is 6.11. The molecule has 1 fully saturated rings. The first-order valence-corrected chi connectivity index (χ1v) is 10.8. The lowest BCUT2D eigenvalue weighted by atomic mass is 10.2. The third kappa shape index (κ3) is 5.01. The summed E-state index contributed by atoms with van der Waals surface area (Å²) in [5.41, 5.74) is 1.89. The van der Waals surface area contributed by atoms with Gasteiger partial charge in [0.1, 0.15) is 6.54 Å². The van der Waals surface area contributed by atoms with Crippen LogP contribution in [-0.2, 0) is 19.6 Å². The lowest BCUT2D eigenvalue weighted by Crippen LogP contribution is -2.34. The molecule has 3 rings (SSSR count). The number of hydrogen-bond donors (Lipinski definition) is 2. The molecule has 1 aliphatic rings. The highest BCUT2D eigenvalue weighted by Gasteiger charge is 2.22. The number of amides is 2. The molecule has 0 saturated carbocycles. The zero-order valence-corrected chi connectivity index (χ0v) is 16.3. The van der Waals surface area contributed by atoms with Crippen molar-refractivity contribution in [2.24, 2.45) is 0 Å². The van der Waals surface area contributed by atoms with Crippen molar-refractivity contribution in [3.05, 3.63) is 54.1 Å². The Bertz CT molecular complexity index is 942. The highest BCUT2D eigenvalue weighted by Crippen LogP contribution is 2.19. The van der Waals surface area contributed by atoms with Gasteiger partial charge in [-0.05, 0) is 43.3 Å². The van der Waals surface area contributed by atoms with Gasteiger partial charge in [-0.15, -0.1) is 11.8 Å². The molecule has 0 bridgehead atoms. The first kappa shape index (κ1) is 19.2. The summed E-state index contributed by atoms with van der Waals surface area (Å²) in [6.07, 6.45) is 0. The molecule has 2 N–H and O–H groups in total. The number of anilines is 2. The van der Waals surface area contributed by atoms with Gasteiger partial charge >= 0.3 is 0 Å². The molecule has 0 aromatic heterocycles. The average molecular weight is 406 g/mol. The Morgan fingerprint density at radius 2 is 1.70 bits per heavy atom. The second-order valence-corrected chi connectivity index (χ2v) is 8.75. The summed E-state index contributed by atoms with van der Waals surface area (Å²) in [6, 6.07) is 12.9. The fraction of sp³-hybridized carbons (Fsp3) is 0.222. The van der Waals surface area contributed by atoms with Crippen LogP contribution >= 0.6 is 11.8 Å². The summed E-state index contributed by atoms with van der Waals surface area (Å²) in [4.78, 5) is 25.2. The molecule has 0 aliphatic carbocycles. The molecule has 2 aromatic carbocycles. The van der Waals surface area contributed by atoms with E-state index in [0.717, 1.165) is 5.56 Å². The molecule has 0 atom stereocenters. The number of sulfonamides is 1. The topological polar surface area (TPSA) is 95.6 Å². The van der Waals surface area contributed by atoms with Crippen LogP contribution in [0.25, 0.3) is 0 Å². The van der Waals surface area contributed by atoms with Gasteiger partial charge in [0.25, 0.3) is 10.0 Å². The molecule has 27 heavy (non-hydrogen) atoms. The van der Waals surface area contributed by atoms with E-state index in [1.54, 1.807) is 48.5 Å². The number of carbonyl (C=O) groups is 2. The molecule has 7 nitrogen and oxygen atoms in total. The summed E-state index contributed by atoms with van der Waals surface area (Å²) in [7, 11) is -3.67. The predicted octanol–water partition coefficient (Wildman–Crippen LogP) is 2.27. The number of thioether (sulfide) groups is 1. The number of rotatable bonds is 6. The van der Waals surface area contributed by atoms with E-state index >= 15 is 0 Å². The summed E-state index contributed by atoms with van der Waals surface area (Å²) < 4.78 is 27.3. The quantitative estimate of drug-likeness (QED) is 0.769. The van der Waals surface area contributed by atoms with E-state index in [1.165, 1.54) is 16.7 Å². The molecular formula is C18H19N3O4S2. The lowest BCUT2D eigenvalue weighted by Gasteiger charge is -2.14. The van der Waals surface area contributed by atoms with Gasteiger partial charge in [0, 0.05) is 11.4 Å². The van der Waals surface area contributed by atoms with Gasteiger partial charge in [-0.25, -0.2) is 8.42 Å². The van der Waals surface area contributed by atoms with Crippen molar-refractivity contribution in [1.82, 2.24) is 4.90 Å². The van der Waals surface area contributed by atoms with E-state index in [0.29, 0.717) is 23.0 Å². The van der Waals surface area contributed by atoms with Gasteiger partial charge in [-0.2, -0.15) is 0 Å². The van der Waals surface area contributed by atoms with Crippen LogP contribution in [-0.4, -0.2) is 43.3 Å². The number of nitrogens with one attached hydrogen (secondary N) is 2. The average Bonchev–Trinajstić information content (AvgIpc) is 3.01. The van der Waals surface area contributed by atoms with Crippen molar-refractivity contribution < 1.29 is 18.0 Å². The molecule has 1 heterocycles. The minimum absolute atomic E-state index is 0.00758. The Labute approximate surface area is 162 Å². The summed E-state index contributed by atoms with van der Waals surface area (Å²) in [6.45, 7) is 1.89. The molecule has 2 amide bonds. The summed E-state index contributed by atoms with van der Waals surface area (Å²) in [5, 5.41) is 2.70. The lowest BCUT2D eigenvalue weighted by molar-refractivity contribution is -0.130. The number of benzene rings is 2. The van der Waals surface area contributed by atoms with Crippen molar-refractivity contribution in [1.29, 1.82) is 0 Å². The maximum Gasteiger partial charge on any atom is 0.261 e. The zero-order valence-electron chi connectivity index (χ0n) is 14.6. The second kappa shape index (κ2) is 8.01. The van der Waals surface area contributed by atoms with E-state index in [2.05, 4.69) is 10.0 Å². The van der Waals surface area contributed by atoms with E-state index in [1.807, 2.05) is 6.92 Å². The Hall–Kier alpha value is -2.52. The van der Waals surface area contributed by atoms with Crippen molar-refractivity contribution in [3.63, 3.8) is 0 Å². The third-order valence-corrected chi connectivity index (χ3v) is 6.25. The van der Waals surface area contributed by atoms with Crippen molar-refractivity contribution in [2.45, 2.75) is 11.8 Å². The van der Waals surface area contributed by atoms with Crippen molar-refractivity contribution in [2.75, 3.05) is 28.2 Å². The van der Waals surface area contributed by atoms with Gasteiger partial charge in [-0.1, -0.05) is 17.7 Å². The molecule has 0 radical (unpaired) electrons. The smallest absolute Gasteiger partial charge is 0.261 e.